The van der Waals surface area contributed by atoms with Crippen LogP contribution in [0.25, 0.3) is 0 Å². The minimum Gasteiger partial charge on any atom is -0.258 e. The van der Waals surface area contributed by atoms with E-state index in [-0.39, 0.29) is 0 Å². The van der Waals surface area contributed by atoms with Crippen molar-refractivity contribution >= 4 is 25.4 Å². The smallest absolute Gasteiger partial charge is 0.258 e. The van der Waals surface area contributed by atoms with Crippen molar-refractivity contribution in [2.75, 3.05) is 0 Å². The summed E-state index contributed by atoms with van der Waals surface area (Å²) in [6.07, 6.45) is -3.09. The van der Waals surface area contributed by atoms with E-state index in [1.807, 2.05) is 0 Å². The van der Waals surface area contributed by atoms with E-state index < -0.39 is 42.1 Å². The van der Waals surface area contributed by atoms with Gasteiger partial charge in [-0.2, -0.15) is 0 Å². The molecule has 0 unspecified atom stereocenters. The Bertz CT molecular complexity index is 573. The van der Waals surface area contributed by atoms with E-state index in [9.17, 15) is 27.3 Å². The fraction of sp³-hybridized carbons (Fsp3) is 0.250. The highest BCUT2D eigenvalue weighted by Crippen LogP contribution is 2.35. The molecule has 1 aromatic rings. The Kier molecular flexibility index (Phi) is 3.68. The molecule has 0 aliphatic rings. The highest BCUT2D eigenvalue weighted by Gasteiger charge is 2.28. The molecule has 9 heteroatoms. The van der Waals surface area contributed by atoms with Gasteiger partial charge in [-0.3, -0.25) is 10.1 Å². The third kappa shape index (κ3) is 2.70. The van der Waals surface area contributed by atoms with Gasteiger partial charge in [-0.25, -0.2) is 17.2 Å². The maximum absolute atomic E-state index is 12.6. The molecular weight excluding hydrogens is 280 g/mol. The number of alkyl halides is 2. The number of nitro groups is 1. The Labute approximate surface area is 99.6 Å². The van der Waals surface area contributed by atoms with Gasteiger partial charge in [0.25, 0.3) is 21.2 Å². The summed E-state index contributed by atoms with van der Waals surface area (Å²) < 4.78 is 47.5. The molecule has 5 nitrogen and oxygen atoms in total. The number of nitro benzene ring substituents is 1. The molecule has 94 valence electrons. The second-order valence-electron chi connectivity index (χ2n) is 3.12. The average Bonchev–Trinajstić information content (AvgIpc) is 2.14. The molecule has 1 aromatic carbocycles. The summed E-state index contributed by atoms with van der Waals surface area (Å²) in [6, 6.07) is 1.51. The monoisotopic (exact) mass is 285 g/mol. The Hall–Kier alpha value is -1.28. The molecule has 0 aliphatic heterocycles. The summed E-state index contributed by atoms with van der Waals surface area (Å²) in [6.45, 7) is 1.05. The predicted octanol–water partition coefficient (Wildman–Crippen LogP) is 2.77. The number of rotatable bonds is 3. The molecule has 0 radical (unpaired) electrons. The van der Waals surface area contributed by atoms with E-state index in [0.717, 1.165) is 13.0 Å². The summed E-state index contributed by atoms with van der Waals surface area (Å²) >= 11 is 0. The highest BCUT2D eigenvalue weighted by molar-refractivity contribution is 8.13. The standard InChI is InChI=1S/C8H6ClF2NO4S/c1-4-6(12(13)14)3-2-5(8(10)11)7(4)17(9,15)16/h2-3,8H,1H3. The van der Waals surface area contributed by atoms with Gasteiger partial charge in [0, 0.05) is 27.9 Å². The zero-order chi connectivity index (χ0) is 13.4. The molecule has 0 bridgehead atoms. The predicted molar refractivity (Wildman–Crippen MR) is 55.8 cm³/mol. The molecule has 1 rings (SSSR count). The van der Waals surface area contributed by atoms with Gasteiger partial charge in [0.05, 0.1) is 4.92 Å². The van der Waals surface area contributed by atoms with E-state index in [4.69, 9.17) is 10.7 Å². The summed E-state index contributed by atoms with van der Waals surface area (Å²) in [5, 5.41) is 10.6. The molecule has 0 heterocycles. The first kappa shape index (κ1) is 13.8. The normalized spacial score (nSPS) is 11.8. The largest absolute Gasteiger partial charge is 0.273 e. The van der Waals surface area contributed by atoms with Crippen LogP contribution in [0.2, 0.25) is 0 Å². The van der Waals surface area contributed by atoms with Crippen LogP contribution in [-0.2, 0) is 9.05 Å². The van der Waals surface area contributed by atoms with E-state index in [0.29, 0.717) is 6.07 Å². The van der Waals surface area contributed by atoms with Gasteiger partial charge in [-0.15, -0.1) is 0 Å². The number of benzene rings is 1. The lowest BCUT2D eigenvalue weighted by molar-refractivity contribution is -0.385. The molecule has 0 aromatic heterocycles. The van der Waals surface area contributed by atoms with Crippen molar-refractivity contribution in [3.05, 3.63) is 33.4 Å². The third-order valence-corrected chi connectivity index (χ3v) is 3.58. The van der Waals surface area contributed by atoms with Gasteiger partial charge in [-0.05, 0) is 13.0 Å². The van der Waals surface area contributed by atoms with Crippen LogP contribution in [0.15, 0.2) is 17.0 Å². The lowest BCUT2D eigenvalue weighted by Gasteiger charge is -2.09. The van der Waals surface area contributed by atoms with Crippen LogP contribution in [0.3, 0.4) is 0 Å². The second-order valence-corrected chi connectivity index (χ2v) is 5.63. The minimum atomic E-state index is -4.48. The van der Waals surface area contributed by atoms with Gasteiger partial charge in [0.2, 0.25) is 0 Å². The van der Waals surface area contributed by atoms with Crippen molar-refractivity contribution in [2.24, 2.45) is 0 Å². The van der Waals surface area contributed by atoms with Gasteiger partial charge in [0.1, 0.15) is 4.90 Å². The zero-order valence-corrected chi connectivity index (χ0v) is 9.93. The quantitative estimate of drug-likeness (QED) is 0.486. The van der Waals surface area contributed by atoms with E-state index >= 15 is 0 Å². The number of nitrogens with zero attached hydrogens (tertiary/aromatic N) is 1. The summed E-state index contributed by atoms with van der Waals surface area (Å²) in [7, 11) is 0.529. The van der Waals surface area contributed by atoms with Crippen LogP contribution >= 0.6 is 10.7 Å². The Morgan fingerprint density at radius 3 is 2.29 bits per heavy atom. The van der Waals surface area contributed by atoms with Crippen molar-refractivity contribution in [3.8, 4) is 0 Å². The Morgan fingerprint density at radius 1 is 1.41 bits per heavy atom. The Balaban J connectivity index is 3.72. The van der Waals surface area contributed by atoms with E-state index in [1.165, 1.54) is 0 Å². The number of hydrogen-bond donors (Lipinski definition) is 0. The van der Waals surface area contributed by atoms with E-state index in [2.05, 4.69) is 0 Å². The number of halogens is 3. The van der Waals surface area contributed by atoms with Crippen LogP contribution in [0.5, 0.6) is 0 Å². The molecule has 0 saturated carbocycles. The van der Waals surface area contributed by atoms with Crippen LogP contribution in [-0.4, -0.2) is 13.3 Å². The van der Waals surface area contributed by atoms with Crippen molar-refractivity contribution in [1.82, 2.24) is 0 Å². The SMILES string of the molecule is Cc1c([N+](=O)[O-])ccc(C(F)F)c1S(=O)(=O)Cl. The number of hydrogen-bond acceptors (Lipinski definition) is 4. The van der Waals surface area contributed by atoms with Crippen LogP contribution in [0.1, 0.15) is 17.6 Å². The van der Waals surface area contributed by atoms with Crippen molar-refractivity contribution in [2.45, 2.75) is 18.2 Å². The first-order chi connectivity index (χ1) is 7.66. The van der Waals surface area contributed by atoms with Crippen LogP contribution in [0, 0.1) is 17.0 Å². The van der Waals surface area contributed by atoms with Gasteiger partial charge in [-0.1, -0.05) is 0 Å². The molecular formula is C8H6ClF2NO4S. The summed E-state index contributed by atoms with van der Waals surface area (Å²) in [4.78, 5) is 8.80. The summed E-state index contributed by atoms with van der Waals surface area (Å²) in [5.74, 6) is 0. The lowest BCUT2D eigenvalue weighted by atomic mass is 10.1. The second kappa shape index (κ2) is 4.53. The molecule has 17 heavy (non-hydrogen) atoms. The molecule has 0 aliphatic carbocycles. The van der Waals surface area contributed by atoms with Crippen molar-refractivity contribution in [1.29, 1.82) is 0 Å². The minimum absolute atomic E-state index is 0.400. The van der Waals surface area contributed by atoms with Crippen LogP contribution in [0.4, 0.5) is 14.5 Å². The van der Waals surface area contributed by atoms with Gasteiger partial charge in [0.15, 0.2) is 0 Å². The lowest BCUT2D eigenvalue weighted by Crippen LogP contribution is -2.04. The van der Waals surface area contributed by atoms with Gasteiger partial charge < -0.3 is 0 Å². The van der Waals surface area contributed by atoms with E-state index in [1.54, 1.807) is 0 Å². The molecule has 0 fully saturated rings. The first-order valence-electron chi connectivity index (χ1n) is 4.17. The molecule has 0 atom stereocenters. The maximum atomic E-state index is 12.6. The zero-order valence-electron chi connectivity index (χ0n) is 8.35. The van der Waals surface area contributed by atoms with Crippen molar-refractivity contribution < 1.29 is 22.1 Å². The fourth-order valence-corrected chi connectivity index (χ4v) is 2.92. The molecule has 0 saturated heterocycles. The highest BCUT2D eigenvalue weighted by atomic mass is 35.7. The molecule has 0 spiro atoms. The van der Waals surface area contributed by atoms with Crippen LogP contribution < -0.4 is 0 Å². The Morgan fingerprint density at radius 2 is 1.94 bits per heavy atom. The first-order valence-corrected chi connectivity index (χ1v) is 6.48. The maximum Gasteiger partial charge on any atom is 0.273 e. The molecule has 0 amide bonds. The fourth-order valence-electron chi connectivity index (χ4n) is 1.40. The average molecular weight is 286 g/mol. The van der Waals surface area contributed by atoms with Gasteiger partial charge >= 0.3 is 0 Å². The third-order valence-electron chi connectivity index (χ3n) is 2.08. The molecule has 0 N–H and O–H groups in total. The summed E-state index contributed by atoms with van der Waals surface area (Å²) in [5.41, 5.74) is -1.82. The van der Waals surface area contributed by atoms with Crippen molar-refractivity contribution in [3.63, 3.8) is 0 Å². The topological polar surface area (TPSA) is 77.3 Å².